The average molecular weight is 481 g/mol. The standard InChI is InChI=1S/C21H20O6.C6H12N2/c1-26-20-11-14(5-9-18(20)24)3-7-16(22)13-17(23)8-4-15-6-10-19(25)21(12-15)27-2;1-3-8-5-4-7(2)6-8/h3-12,24-25H,13H2,1-2H3;4-5H,3,6H2,1-2H3/b7-3+,8-4+;. The number of methoxy groups -OCH3 is 2. The predicted octanol–water partition coefficient (Wildman–Crippen LogP) is 4.05. The van der Waals surface area contributed by atoms with Crippen LogP contribution in [0.1, 0.15) is 24.5 Å². The molecule has 35 heavy (non-hydrogen) atoms. The Morgan fingerprint density at radius 1 is 0.886 bits per heavy atom. The normalized spacial score (nSPS) is 12.7. The van der Waals surface area contributed by atoms with Crippen LogP contribution in [0, 0.1) is 0 Å². The third-order valence-corrected chi connectivity index (χ3v) is 5.02. The lowest BCUT2D eigenvalue weighted by Gasteiger charge is -2.14. The molecule has 0 spiro atoms. The van der Waals surface area contributed by atoms with Crippen LogP contribution in [0.2, 0.25) is 0 Å². The number of hydrogen-bond acceptors (Lipinski definition) is 8. The van der Waals surface area contributed by atoms with E-state index in [2.05, 4.69) is 36.2 Å². The molecule has 8 heteroatoms. The topological polar surface area (TPSA) is 99.5 Å². The van der Waals surface area contributed by atoms with E-state index >= 15 is 0 Å². The van der Waals surface area contributed by atoms with Gasteiger partial charge < -0.3 is 29.5 Å². The van der Waals surface area contributed by atoms with Crippen LogP contribution in [-0.4, -0.2) is 66.1 Å². The third-order valence-electron chi connectivity index (χ3n) is 5.02. The van der Waals surface area contributed by atoms with Crippen molar-refractivity contribution in [2.24, 2.45) is 0 Å². The van der Waals surface area contributed by atoms with Crippen molar-refractivity contribution < 1.29 is 29.3 Å². The molecule has 0 radical (unpaired) electrons. The summed E-state index contributed by atoms with van der Waals surface area (Å²) in [7, 11) is 4.94. The van der Waals surface area contributed by atoms with Gasteiger partial charge in [0.25, 0.3) is 0 Å². The summed E-state index contributed by atoms with van der Waals surface area (Å²) in [5.41, 5.74) is 1.33. The van der Waals surface area contributed by atoms with Gasteiger partial charge in [0.2, 0.25) is 0 Å². The molecular formula is C27H32N2O6. The summed E-state index contributed by atoms with van der Waals surface area (Å²) in [5, 5.41) is 19.1. The van der Waals surface area contributed by atoms with E-state index in [0.717, 1.165) is 13.2 Å². The van der Waals surface area contributed by atoms with Gasteiger partial charge in [0, 0.05) is 26.0 Å². The van der Waals surface area contributed by atoms with Gasteiger partial charge in [0.1, 0.15) is 0 Å². The van der Waals surface area contributed by atoms with Crippen LogP contribution in [0.3, 0.4) is 0 Å². The molecule has 186 valence electrons. The highest BCUT2D eigenvalue weighted by Crippen LogP contribution is 2.27. The Hall–Kier alpha value is -4.20. The Bertz CT molecular complexity index is 1030. The van der Waals surface area contributed by atoms with Crippen LogP contribution < -0.4 is 9.47 Å². The highest BCUT2D eigenvalue weighted by molar-refractivity contribution is 6.10. The zero-order valence-electron chi connectivity index (χ0n) is 20.5. The van der Waals surface area contributed by atoms with Crippen LogP contribution in [-0.2, 0) is 9.59 Å². The second-order valence-corrected chi connectivity index (χ2v) is 7.74. The molecule has 2 N–H and O–H groups in total. The Morgan fingerprint density at radius 3 is 1.71 bits per heavy atom. The molecule has 0 amide bonds. The first-order chi connectivity index (χ1) is 16.7. The van der Waals surface area contributed by atoms with Gasteiger partial charge in [-0.3, -0.25) is 9.59 Å². The first-order valence-corrected chi connectivity index (χ1v) is 11.0. The number of phenols is 2. The average Bonchev–Trinajstić information content (AvgIpc) is 3.28. The molecule has 0 saturated carbocycles. The Kier molecular flexibility index (Phi) is 10.4. The minimum atomic E-state index is -0.347. The monoisotopic (exact) mass is 480 g/mol. The largest absolute Gasteiger partial charge is 0.504 e. The van der Waals surface area contributed by atoms with E-state index in [-0.39, 0.29) is 29.5 Å². The first kappa shape index (κ1) is 27.0. The summed E-state index contributed by atoms with van der Waals surface area (Å²) in [6.07, 6.45) is 9.64. The van der Waals surface area contributed by atoms with E-state index in [1.165, 1.54) is 38.5 Å². The van der Waals surface area contributed by atoms with Gasteiger partial charge in [-0.2, -0.15) is 0 Å². The lowest BCUT2D eigenvalue weighted by Crippen LogP contribution is -2.21. The van der Waals surface area contributed by atoms with Crippen molar-refractivity contribution in [3.05, 3.63) is 72.1 Å². The fraction of sp³-hybridized carbons (Fsp3) is 0.259. The van der Waals surface area contributed by atoms with Crippen molar-refractivity contribution in [2.75, 3.05) is 34.5 Å². The molecule has 0 aliphatic carbocycles. The number of nitrogens with zero attached hydrogens (tertiary/aromatic N) is 2. The summed E-state index contributed by atoms with van der Waals surface area (Å²) in [6.45, 7) is 4.32. The number of ketones is 2. The number of rotatable bonds is 9. The molecule has 2 aromatic carbocycles. The number of carbonyl (C=O) groups excluding carboxylic acids is 2. The molecule has 0 aromatic heterocycles. The first-order valence-electron chi connectivity index (χ1n) is 11.0. The number of phenolic OH excluding ortho intramolecular Hbond substituents is 2. The maximum atomic E-state index is 11.9. The molecule has 0 unspecified atom stereocenters. The van der Waals surface area contributed by atoms with Crippen LogP contribution in [0.15, 0.2) is 61.0 Å². The van der Waals surface area contributed by atoms with Crippen molar-refractivity contribution in [1.82, 2.24) is 9.80 Å². The number of allylic oxidation sites excluding steroid dienone is 2. The molecule has 0 saturated heterocycles. The molecule has 3 rings (SSSR count). The van der Waals surface area contributed by atoms with Gasteiger partial charge >= 0.3 is 0 Å². The van der Waals surface area contributed by atoms with Crippen LogP contribution in [0.25, 0.3) is 12.2 Å². The second kappa shape index (κ2) is 13.5. The quantitative estimate of drug-likeness (QED) is 0.410. The van der Waals surface area contributed by atoms with Gasteiger partial charge in [-0.25, -0.2) is 0 Å². The molecule has 0 atom stereocenters. The van der Waals surface area contributed by atoms with Crippen molar-refractivity contribution in [3.63, 3.8) is 0 Å². The van der Waals surface area contributed by atoms with Gasteiger partial charge in [0.15, 0.2) is 34.6 Å². The zero-order valence-corrected chi connectivity index (χ0v) is 20.5. The minimum absolute atomic E-state index is 0.00662. The lowest BCUT2D eigenvalue weighted by atomic mass is 10.1. The van der Waals surface area contributed by atoms with Crippen molar-refractivity contribution in [2.45, 2.75) is 13.3 Å². The number of ether oxygens (including phenoxy) is 2. The van der Waals surface area contributed by atoms with Crippen LogP contribution >= 0.6 is 0 Å². The van der Waals surface area contributed by atoms with E-state index < -0.39 is 0 Å². The highest BCUT2D eigenvalue weighted by Gasteiger charge is 2.06. The lowest BCUT2D eigenvalue weighted by molar-refractivity contribution is -0.121. The summed E-state index contributed by atoms with van der Waals surface area (Å²) >= 11 is 0. The Balaban J connectivity index is 0.000000456. The number of benzene rings is 2. The van der Waals surface area contributed by atoms with E-state index in [1.54, 1.807) is 36.4 Å². The molecule has 0 fully saturated rings. The molecule has 0 bridgehead atoms. The van der Waals surface area contributed by atoms with Gasteiger partial charge in [-0.1, -0.05) is 24.3 Å². The molecule has 1 heterocycles. The summed E-state index contributed by atoms with van der Waals surface area (Å²) in [6, 6.07) is 9.34. The van der Waals surface area contributed by atoms with Gasteiger partial charge in [-0.15, -0.1) is 0 Å². The predicted molar refractivity (Wildman–Crippen MR) is 136 cm³/mol. The van der Waals surface area contributed by atoms with Crippen molar-refractivity contribution in [1.29, 1.82) is 0 Å². The summed E-state index contributed by atoms with van der Waals surface area (Å²) in [4.78, 5) is 28.3. The fourth-order valence-electron chi connectivity index (χ4n) is 3.06. The van der Waals surface area contributed by atoms with E-state index in [1.807, 2.05) is 0 Å². The molecular weight excluding hydrogens is 448 g/mol. The van der Waals surface area contributed by atoms with E-state index in [4.69, 9.17) is 9.47 Å². The highest BCUT2D eigenvalue weighted by atomic mass is 16.5. The van der Waals surface area contributed by atoms with E-state index in [9.17, 15) is 19.8 Å². The molecule has 1 aliphatic heterocycles. The zero-order chi connectivity index (χ0) is 25.8. The van der Waals surface area contributed by atoms with Crippen LogP contribution in [0.4, 0.5) is 0 Å². The molecule has 2 aromatic rings. The summed E-state index contributed by atoms with van der Waals surface area (Å²) in [5.74, 6) is -0.0832. The van der Waals surface area contributed by atoms with Crippen molar-refractivity contribution >= 4 is 23.7 Å². The van der Waals surface area contributed by atoms with Gasteiger partial charge in [-0.05, 0) is 54.5 Å². The Labute approximate surface area is 206 Å². The SMILES string of the molecule is CCN1C=CN(C)C1.COc1cc(/C=C/C(=O)CC(=O)/C=C/c2ccc(O)c(OC)c2)ccc1O. The smallest absolute Gasteiger partial charge is 0.163 e. The van der Waals surface area contributed by atoms with E-state index in [0.29, 0.717) is 22.6 Å². The number of carbonyl (C=O) groups is 2. The Morgan fingerprint density at radius 2 is 1.37 bits per heavy atom. The molecule has 8 nitrogen and oxygen atoms in total. The number of aromatic hydroxyl groups is 2. The fourth-order valence-corrected chi connectivity index (χ4v) is 3.06. The summed E-state index contributed by atoms with van der Waals surface area (Å²) < 4.78 is 10.00. The minimum Gasteiger partial charge on any atom is -0.504 e. The second-order valence-electron chi connectivity index (χ2n) is 7.74. The third kappa shape index (κ3) is 8.92. The van der Waals surface area contributed by atoms with Crippen LogP contribution in [0.5, 0.6) is 23.0 Å². The maximum absolute atomic E-state index is 11.9. The maximum Gasteiger partial charge on any atom is 0.163 e. The molecule has 1 aliphatic rings. The van der Waals surface area contributed by atoms with Crippen molar-refractivity contribution in [3.8, 4) is 23.0 Å². The van der Waals surface area contributed by atoms with Gasteiger partial charge in [0.05, 0.1) is 27.3 Å². The number of hydrogen-bond donors (Lipinski definition) is 2.